The van der Waals surface area contributed by atoms with E-state index in [1.54, 1.807) is 19.4 Å². The van der Waals surface area contributed by atoms with Crippen LogP contribution in [0.25, 0.3) is 0 Å². The minimum atomic E-state index is -0.724. The van der Waals surface area contributed by atoms with Gasteiger partial charge in [0.1, 0.15) is 0 Å². The van der Waals surface area contributed by atoms with Gasteiger partial charge in [-0.05, 0) is 12.8 Å². The highest BCUT2D eigenvalue weighted by Crippen LogP contribution is 2.08. The molecule has 0 unspecified atom stereocenters. The first-order valence-electron chi connectivity index (χ1n) is 6.05. The van der Waals surface area contributed by atoms with Gasteiger partial charge in [0.2, 0.25) is 11.8 Å². The maximum Gasteiger partial charge on any atom is 0.303 e. The lowest BCUT2D eigenvalue weighted by atomic mass is 10.1. The van der Waals surface area contributed by atoms with E-state index in [2.05, 4.69) is 15.3 Å². The normalized spacial score (nSPS) is 10.1. The molecule has 100 valence electrons. The van der Waals surface area contributed by atoms with Crippen molar-refractivity contribution >= 4 is 11.9 Å². The van der Waals surface area contributed by atoms with Gasteiger partial charge in [0.15, 0.2) is 0 Å². The molecule has 1 heterocycles. The van der Waals surface area contributed by atoms with E-state index in [1.165, 1.54) is 0 Å². The van der Waals surface area contributed by atoms with Crippen LogP contribution < -0.4 is 10.1 Å². The van der Waals surface area contributed by atoms with Crippen molar-refractivity contribution in [1.82, 2.24) is 9.97 Å². The molecule has 0 aliphatic carbocycles. The predicted octanol–water partition coefficient (Wildman–Crippen LogP) is 1.93. The van der Waals surface area contributed by atoms with Gasteiger partial charge in [0, 0.05) is 25.2 Å². The fourth-order valence-corrected chi connectivity index (χ4v) is 1.50. The number of hydrogen-bond acceptors (Lipinski definition) is 5. The highest BCUT2D eigenvalue weighted by molar-refractivity contribution is 5.66. The van der Waals surface area contributed by atoms with Crippen molar-refractivity contribution in [1.29, 1.82) is 0 Å². The van der Waals surface area contributed by atoms with E-state index in [0.29, 0.717) is 11.8 Å². The van der Waals surface area contributed by atoms with Crippen LogP contribution >= 0.6 is 0 Å². The molecule has 2 N–H and O–H groups in total. The third kappa shape index (κ3) is 6.03. The third-order valence-corrected chi connectivity index (χ3v) is 2.44. The van der Waals surface area contributed by atoms with Crippen LogP contribution in [0.5, 0.6) is 5.88 Å². The molecule has 1 rings (SSSR count). The number of carboxylic acid groups (broad SMARTS) is 1. The number of rotatable bonds is 9. The molecular formula is C12H19N3O3. The summed E-state index contributed by atoms with van der Waals surface area (Å²) in [6.45, 7) is 0.778. The Morgan fingerprint density at radius 2 is 2.17 bits per heavy atom. The molecule has 0 fully saturated rings. The Balaban J connectivity index is 2.08. The zero-order valence-electron chi connectivity index (χ0n) is 10.6. The largest absolute Gasteiger partial charge is 0.481 e. The summed E-state index contributed by atoms with van der Waals surface area (Å²) in [4.78, 5) is 18.5. The maximum atomic E-state index is 10.3. The summed E-state index contributed by atoms with van der Waals surface area (Å²) in [6, 6.07) is 1.69. The third-order valence-electron chi connectivity index (χ3n) is 2.44. The zero-order valence-corrected chi connectivity index (χ0v) is 10.6. The molecule has 0 saturated carbocycles. The Bertz CT molecular complexity index is 371. The van der Waals surface area contributed by atoms with Crippen molar-refractivity contribution in [3.8, 4) is 5.88 Å². The van der Waals surface area contributed by atoms with E-state index >= 15 is 0 Å². The minimum absolute atomic E-state index is 0.256. The molecule has 6 heteroatoms. The Hall–Kier alpha value is -1.85. The van der Waals surface area contributed by atoms with Gasteiger partial charge in [0.25, 0.3) is 0 Å². The lowest BCUT2D eigenvalue weighted by Crippen LogP contribution is -2.05. The molecule has 0 radical (unpaired) electrons. The van der Waals surface area contributed by atoms with Gasteiger partial charge in [-0.15, -0.1) is 0 Å². The van der Waals surface area contributed by atoms with Crippen molar-refractivity contribution in [3.05, 3.63) is 12.3 Å². The van der Waals surface area contributed by atoms with Gasteiger partial charge in [-0.3, -0.25) is 4.79 Å². The van der Waals surface area contributed by atoms with Crippen LogP contribution in [0.2, 0.25) is 0 Å². The topological polar surface area (TPSA) is 84.3 Å². The first-order valence-corrected chi connectivity index (χ1v) is 6.05. The van der Waals surface area contributed by atoms with Crippen LogP contribution in [0, 0.1) is 0 Å². The molecule has 1 aromatic heterocycles. The summed E-state index contributed by atoms with van der Waals surface area (Å²) in [6.07, 6.45) is 5.55. The molecule has 1 aromatic rings. The van der Waals surface area contributed by atoms with Gasteiger partial charge in [-0.25, -0.2) is 4.98 Å². The lowest BCUT2D eigenvalue weighted by Gasteiger charge is -2.05. The van der Waals surface area contributed by atoms with Gasteiger partial charge in [0.05, 0.1) is 7.11 Å². The summed E-state index contributed by atoms with van der Waals surface area (Å²) < 4.78 is 4.99. The second kappa shape index (κ2) is 8.27. The zero-order chi connectivity index (χ0) is 13.2. The molecule has 0 atom stereocenters. The number of aliphatic carboxylic acids is 1. The standard InChI is InChI=1S/C12H19N3O3/c1-18-10-7-9-14-12(15-10)13-8-5-3-2-4-6-11(16)17/h7,9H,2-6,8H2,1H3,(H,16,17)(H,13,14,15). The first-order chi connectivity index (χ1) is 8.72. The maximum absolute atomic E-state index is 10.3. The average Bonchev–Trinajstić information content (AvgIpc) is 2.37. The number of aromatic nitrogens is 2. The molecule has 0 saturated heterocycles. The number of hydrogen-bond donors (Lipinski definition) is 2. The number of methoxy groups -OCH3 is 1. The summed E-state index contributed by atoms with van der Waals surface area (Å²) in [5, 5.41) is 11.6. The SMILES string of the molecule is COc1ccnc(NCCCCCCC(=O)O)n1. The van der Waals surface area contributed by atoms with Crippen molar-refractivity contribution in [2.24, 2.45) is 0 Å². The average molecular weight is 253 g/mol. The molecule has 0 aliphatic heterocycles. The predicted molar refractivity (Wildman–Crippen MR) is 67.8 cm³/mol. The number of carboxylic acids is 1. The summed E-state index contributed by atoms with van der Waals surface area (Å²) >= 11 is 0. The molecule has 0 aromatic carbocycles. The number of nitrogens with one attached hydrogen (secondary N) is 1. The van der Waals surface area contributed by atoms with Crippen LogP contribution in [0.4, 0.5) is 5.95 Å². The number of nitrogens with zero attached hydrogens (tertiary/aromatic N) is 2. The van der Waals surface area contributed by atoms with E-state index < -0.39 is 5.97 Å². The minimum Gasteiger partial charge on any atom is -0.481 e. The van der Waals surface area contributed by atoms with E-state index in [-0.39, 0.29) is 6.42 Å². The quantitative estimate of drug-likeness (QED) is 0.654. The van der Waals surface area contributed by atoms with Crippen molar-refractivity contribution in [2.75, 3.05) is 19.0 Å². The molecular weight excluding hydrogens is 234 g/mol. The van der Waals surface area contributed by atoms with Crippen LogP contribution in [0.3, 0.4) is 0 Å². The monoisotopic (exact) mass is 253 g/mol. The molecule has 0 spiro atoms. The van der Waals surface area contributed by atoms with Crippen LogP contribution in [0.1, 0.15) is 32.1 Å². The molecule has 18 heavy (non-hydrogen) atoms. The fourth-order valence-electron chi connectivity index (χ4n) is 1.50. The van der Waals surface area contributed by atoms with Crippen LogP contribution in [-0.4, -0.2) is 34.7 Å². The molecule has 0 bridgehead atoms. The smallest absolute Gasteiger partial charge is 0.303 e. The Morgan fingerprint density at radius 3 is 2.89 bits per heavy atom. The summed E-state index contributed by atoms with van der Waals surface area (Å²) in [5.41, 5.74) is 0. The number of carbonyl (C=O) groups is 1. The van der Waals surface area contributed by atoms with Gasteiger partial charge < -0.3 is 15.2 Å². The van der Waals surface area contributed by atoms with Crippen molar-refractivity contribution < 1.29 is 14.6 Å². The Kier molecular flexibility index (Phi) is 6.53. The Labute approximate surface area is 106 Å². The van der Waals surface area contributed by atoms with E-state index in [1.807, 2.05) is 0 Å². The first kappa shape index (κ1) is 14.2. The van der Waals surface area contributed by atoms with E-state index in [4.69, 9.17) is 9.84 Å². The van der Waals surface area contributed by atoms with Gasteiger partial charge >= 0.3 is 5.97 Å². The van der Waals surface area contributed by atoms with E-state index in [9.17, 15) is 4.79 Å². The summed E-state index contributed by atoms with van der Waals surface area (Å²) in [5.74, 6) is 0.367. The second-order valence-electron chi connectivity index (χ2n) is 3.91. The molecule has 6 nitrogen and oxygen atoms in total. The van der Waals surface area contributed by atoms with Crippen molar-refractivity contribution in [3.63, 3.8) is 0 Å². The Morgan fingerprint density at radius 1 is 1.39 bits per heavy atom. The summed E-state index contributed by atoms with van der Waals surface area (Å²) in [7, 11) is 1.56. The molecule has 0 aliphatic rings. The highest BCUT2D eigenvalue weighted by Gasteiger charge is 1.99. The fraction of sp³-hybridized carbons (Fsp3) is 0.583. The van der Waals surface area contributed by atoms with Crippen molar-refractivity contribution in [2.45, 2.75) is 32.1 Å². The lowest BCUT2D eigenvalue weighted by molar-refractivity contribution is -0.137. The number of unbranched alkanes of at least 4 members (excludes halogenated alkanes) is 3. The van der Waals surface area contributed by atoms with Gasteiger partial charge in [-0.2, -0.15) is 4.98 Å². The van der Waals surface area contributed by atoms with Crippen LogP contribution in [0.15, 0.2) is 12.3 Å². The van der Waals surface area contributed by atoms with Crippen LogP contribution in [-0.2, 0) is 4.79 Å². The van der Waals surface area contributed by atoms with E-state index in [0.717, 1.165) is 32.2 Å². The second-order valence-corrected chi connectivity index (χ2v) is 3.91. The number of anilines is 1. The highest BCUT2D eigenvalue weighted by atomic mass is 16.5. The molecule has 0 amide bonds. The number of ether oxygens (including phenoxy) is 1. The van der Waals surface area contributed by atoms with Gasteiger partial charge in [-0.1, -0.05) is 12.8 Å².